The van der Waals surface area contributed by atoms with Crippen LogP contribution in [0.5, 0.6) is 17.2 Å². The van der Waals surface area contributed by atoms with Crippen molar-refractivity contribution in [3.63, 3.8) is 0 Å². The van der Waals surface area contributed by atoms with E-state index in [2.05, 4.69) is 31.3 Å². The quantitative estimate of drug-likeness (QED) is 0.564. The Labute approximate surface area is 189 Å². The highest BCUT2D eigenvalue weighted by atomic mass is 16.5. The maximum absolute atomic E-state index is 5.88. The van der Waals surface area contributed by atoms with E-state index in [-0.39, 0.29) is 5.60 Å². The van der Waals surface area contributed by atoms with E-state index in [4.69, 9.17) is 23.9 Å². The molecule has 1 atom stereocenters. The zero-order valence-corrected chi connectivity index (χ0v) is 19.5. The van der Waals surface area contributed by atoms with E-state index in [0.29, 0.717) is 17.5 Å². The van der Waals surface area contributed by atoms with Crippen molar-refractivity contribution in [3.8, 4) is 28.5 Å². The first kappa shape index (κ1) is 22.4. The minimum atomic E-state index is -0.0969. The molecule has 2 heterocycles. The molecule has 1 N–H and O–H groups in total. The molecule has 3 aromatic rings. The number of hydrogen-bond acceptors (Lipinski definition) is 6. The number of nitrogens with one attached hydrogen (secondary N) is 1. The van der Waals surface area contributed by atoms with Crippen LogP contribution in [0.3, 0.4) is 0 Å². The molecule has 0 bridgehead atoms. The Kier molecular flexibility index (Phi) is 6.53. The van der Waals surface area contributed by atoms with Crippen LogP contribution in [0.4, 0.5) is 0 Å². The van der Waals surface area contributed by atoms with Gasteiger partial charge >= 0.3 is 0 Å². The van der Waals surface area contributed by atoms with Crippen LogP contribution in [0.25, 0.3) is 22.2 Å². The highest BCUT2D eigenvalue weighted by molar-refractivity contribution is 5.85. The summed E-state index contributed by atoms with van der Waals surface area (Å²) in [6, 6.07) is 14.5. The van der Waals surface area contributed by atoms with E-state index in [1.165, 1.54) is 0 Å². The van der Waals surface area contributed by atoms with Crippen molar-refractivity contribution < 1.29 is 18.9 Å². The molecule has 4 rings (SSSR count). The van der Waals surface area contributed by atoms with Gasteiger partial charge in [0.15, 0.2) is 11.5 Å². The Morgan fingerprint density at radius 1 is 1.00 bits per heavy atom. The van der Waals surface area contributed by atoms with Crippen LogP contribution in [-0.2, 0) is 11.3 Å². The Morgan fingerprint density at radius 3 is 2.53 bits per heavy atom. The monoisotopic (exact) mass is 436 g/mol. The van der Waals surface area contributed by atoms with Crippen molar-refractivity contribution in [1.29, 1.82) is 0 Å². The van der Waals surface area contributed by atoms with Crippen LogP contribution in [0.15, 0.2) is 42.5 Å². The third-order valence-corrected chi connectivity index (χ3v) is 6.04. The minimum absolute atomic E-state index is 0.0969. The van der Waals surface area contributed by atoms with Crippen molar-refractivity contribution >= 4 is 10.9 Å². The molecule has 1 aliphatic rings. The van der Waals surface area contributed by atoms with E-state index in [9.17, 15) is 0 Å². The van der Waals surface area contributed by atoms with Crippen LogP contribution in [0, 0.1) is 0 Å². The van der Waals surface area contributed by atoms with E-state index in [0.717, 1.165) is 59.5 Å². The molecular weight excluding hydrogens is 404 g/mol. The third kappa shape index (κ3) is 4.81. The van der Waals surface area contributed by atoms with Crippen molar-refractivity contribution in [1.82, 2.24) is 10.3 Å². The second kappa shape index (κ2) is 9.35. The number of pyridine rings is 1. The molecule has 1 unspecified atom stereocenters. The molecule has 1 fully saturated rings. The predicted octanol–water partition coefficient (Wildman–Crippen LogP) is 4.97. The lowest BCUT2D eigenvalue weighted by Crippen LogP contribution is -2.43. The number of hydrogen-bond donors (Lipinski definition) is 1. The number of ether oxygens (including phenoxy) is 4. The summed E-state index contributed by atoms with van der Waals surface area (Å²) >= 11 is 0. The molecule has 6 heteroatoms. The van der Waals surface area contributed by atoms with Gasteiger partial charge in [-0.3, -0.25) is 0 Å². The molecule has 1 aromatic heterocycles. The average Bonchev–Trinajstić information content (AvgIpc) is 2.80. The molecule has 0 radical (unpaired) electrons. The summed E-state index contributed by atoms with van der Waals surface area (Å²) in [5.41, 5.74) is 3.84. The lowest BCUT2D eigenvalue weighted by molar-refractivity contribution is -0.0630. The highest BCUT2D eigenvalue weighted by Crippen LogP contribution is 2.35. The van der Waals surface area contributed by atoms with Gasteiger partial charge < -0.3 is 24.3 Å². The zero-order chi connectivity index (χ0) is 22.7. The molecule has 32 heavy (non-hydrogen) atoms. The number of rotatable bonds is 7. The molecule has 1 aliphatic heterocycles. The highest BCUT2D eigenvalue weighted by Gasteiger charge is 2.28. The van der Waals surface area contributed by atoms with Gasteiger partial charge in [-0.25, -0.2) is 4.98 Å². The molecule has 0 amide bonds. The molecule has 0 saturated carbocycles. The van der Waals surface area contributed by atoms with Crippen molar-refractivity contribution in [2.24, 2.45) is 0 Å². The van der Waals surface area contributed by atoms with Crippen LogP contribution in [0.2, 0.25) is 0 Å². The maximum atomic E-state index is 5.88. The zero-order valence-electron chi connectivity index (χ0n) is 19.5. The van der Waals surface area contributed by atoms with E-state index < -0.39 is 0 Å². The number of benzene rings is 2. The Morgan fingerprint density at radius 2 is 1.81 bits per heavy atom. The van der Waals surface area contributed by atoms with Gasteiger partial charge in [0.1, 0.15) is 5.75 Å². The van der Waals surface area contributed by atoms with E-state index in [1.54, 1.807) is 21.3 Å². The first-order chi connectivity index (χ1) is 15.4. The first-order valence-corrected chi connectivity index (χ1v) is 11.0. The second-order valence-corrected chi connectivity index (χ2v) is 8.80. The molecule has 1 saturated heterocycles. The summed E-state index contributed by atoms with van der Waals surface area (Å²) in [7, 11) is 4.96. The molecule has 0 aliphatic carbocycles. The number of methoxy groups -OCH3 is 3. The number of aromatic nitrogens is 1. The summed E-state index contributed by atoms with van der Waals surface area (Å²) in [5.74, 6) is 2.17. The normalized spacial score (nSPS) is 17.8. The minimum Gasteiger partial charge on any atom is -0.497 e. The molecule has 6 nitrogen and oxygen atoms in total. The summed E-state index contributed by atoms with van der Waals surface area (Å²) < 4.78 is 22.2. The standard InChI is InChI=1S/C26H32N2O4/c1-26(2)15-20(10-11-32-26)27-16-19-12-17-6-8-21(29-3)14-22(17)28-25(19)18-7-9-23(30-4)24(13-18)31-5/h6-9,12-14,20,27H,10-11,15-16H2,1-5H3. The fraction of sp³-hybridized carbons (Fsp3) is 0.423. The SMILES string of the molecule is COc1ccc2cc(CNC3CCOC(C)(C)C3)c(-c3ccc(OC)c(OC)c3)nc2c1. The average molecular weight is 437 g/mol. The number of nitrogens with zero attached hydrogens (tertiary/aromatic N) is 1. The van der Waals surface area contributed by atoms with Crippen LogP contribution >= 0.6 is 0 Å². The Hall–Kier alpha value is -2.83. The number of fused-ring (bicyclic) bond motifs is 1. The molecular formula is C26H32N2O4. The van der Waals surface area contributed by atoms with Crippen LogP contribution in [-0.4, -0.2) is 44.6 Å². The fourth-order valence-electron chi connectivity index (χ4n) is 4.35. The van der Waals surface area contributed by atoms with Crippen molar-refractivity contribution in [2.75, 3.05) is 27.9 Å². The van der Waals surface area contributed by atoms with Crippen LogP contribution < -0.4 is 19.5 Å². The van der Waals surface area contributed by atoms with Gasteiger partial charge in [0.05, 0.1) is 38.1 Å². The second-order valence-electron chi connectivity index (χ2n) is 8.80. The molecule has 2 aromatic carbocycles. The molecule has 0 spiro atoms. The van der Waals surface area contributed by atoms with Crippen molar-refractivity contribution in [3.05, 3.63) is 48.0 Å². The topological polar surface area (TPSA) is 61.8 Å². The van der Waals surface area contributed by atoms with E-state index in [1.807, 2.05) is 30.3 Å². The van der Waals surface area contributed by atoms with Gasteiger partial charge in [0.2, 0.25) is 0 Å². The van der Waals surface area contributed by atoms with Crippen LogP contribution in [0.1, 0.15) is 32.3 Å². The van der Waals surface area contributed by atoms with Gasteiger partial charge in [0, 0.05) is 36.2 Å². The smallest absolute Gasteiger partial charge is 0.161 e. The summed E-state index contributed by atoms with van der Waals surface area (Å²) in [4.78, 5) is 5.04. The first-order valence-electron chi connectivity index (χ1n) is 11.0. The van der Waals surface area contributed by atoms with Gasteiger partial charge in [0.25, 0.3) is 0 Å². The van der Waals surface area contributed by atoms with Gasteiger partial charge in [-0.15, -0.1) is 0 Å². The fourth-order valence-corrected chi connectivity index (χ4v) is 4.35. The summed E-state index contributed by atoms with van der Waals surface area (Å²) in [6.45, 7) is 5.81. The third-order valence-electron chi connectivity index (χ3n) is 6.04. The molecule has 170 valence electrons. The van der Waals surface area contributed by atoms with Gasteiger partial charge in [-0.2, -0.15) is 0 Å². The van der Waals surface area contributed by atoms with E-state index >= 15 is 0 Å². The van der Waals surface area contributed by atoms with Gasteiger partial charge in [-0.05, 0) is 68.7 Å². The van der Waals surface area contributed by atoms with Crippen molar-refractivity contribution in [2.45, 2.75) is 44.9 Å². The largest absolute Gasteiger partial charge is 0.497 e. The Bertz CT molecular complexity index is 1100. The Balaban J connectivity index is 1.73. The van der Waals surface area contributed by atoms with Gasteiger partial charge in [-0.1, -0.05) is 0 Å². The summed E-state index contributed by atoms with van der Waals surface area (Å²) in [5, 5.41) is 4.82. The lowest BCUT2D eigenvalue weighted by atomic mass is 9.93. The summed E-state index contributed by atoms with van der Waals surface area (Å²) in [6.07, 6.45) is 1.99. The predicted molar refractivity (Wildman–Crippen MR) is 127 cm³/mol. The maximum Gasteiger partial charge on any atom is 0.161 e. The lowest BCUT2D eigenvalue weighted by Gasteiger charge is -2.36.